The third-order valence-corrected chi connectivity index (χ3v) is 4.34. The molecule has 1 atom stereocenters. The van der Waals surface area contributed by atoms with Crippen LogP contribution in [0.1, 0.15) is 35.4 Å². The molecule has 112 valence electrons. The lowest BCUT2D eigenvalue weighted by Gasteiger charge is -2.12. The number of pyridine rings is 1. The summed E-state index contributed by atoms with van der Waals surface area (Å²) in [6.07, 6.45) is 4.38. The van der Waals surface area contributed by atoms with Crippen LogP contribution in [-0.4, -0.2) is 17.0 Å². The summed E-state index contributed by atoms with van der Waals surface area (Å²) in [5, 5.41) is 2.89. The molecule has 4 nitrogen and oxygen atoms in total. The molecule has 1 aliphatic heterocycles. The molecule has 4 heteroatoms. The van der Waals surface area contributed by atoms with Gasteiger partial charge in [-0.2, -0.15) is 0 Å². The number of nitrogens with one attached hydrogen (secondary N) is 1. The highest BCUT2D eigenvalue weighted by atomic mass is 16.5. The van der Waals surface area contributed by atoms with Crippen molar-refractivity contribution in [2.75, 3.05) is 5.32 Å². The first kappa shape index (κ1) is 13.3. The number of hydrogen-bond acceptors (Lipinski definition) is 3. The number of rotatable bonds is 3. The number of amides is 1. The summed E-state index contributed by atoms with van der Waals surface area (Å²) >= 11 is 0. The zero-order valence-corrected chi connectivity index (χ0v) is 12.5. The lowest BCUT2D eigenvalue weighted by Crippen LogP contribution is -2.31. The van der Waals surface area contributed by atoms with Gasteiger partial charge in [-0.1, -0.05) is 18.2 Å². The maximum absolute atomic E-state index is 12.4. The van der Waals surface area contributed by atoms with Crippen molar-refractivity contribution in [3.8, 4) is 5.75 Å². The summed E-state index contributed by atoms with van der Waals surface area (Å²) in [5.41, 5.74) is 3.43. The summed E-state index contributed by atoms with van der Waals surface area (Å²) in [6.45, 7) is 2.00. The molecule has 1 saturated carbocycles. The van der Waals surface area contributed by atoms with E-state index in [0.717, 1.165) is 16.9 Å². The maximum Gasteiger partial charge on any atom is 0.266 e. The number of nitrogens with zero attached hydrogens (tertiary/aromatic N) is 1. The molecule has 1 N–H and O–H groups in total. The Bertz CT molecular complexity index is 738. The second-order valence-electron chi connectivity index (χ2n) is 6.11. The largest absolute Gasteiger partial charge is 0.480 e. The van der Waals surface area contributed by atoms with Gasteiger partial charge >= 0.3 is 0 Å². The van der Waals surface area contributed by atoms with Crippen molar-refractivity contribution >= 4 is 11.7 Å². The van der Waals surface area contributed by atoms with Gasteiger partial charge in [0.05, 0.1) is 0 Å². The van der Waals surface area contributed by atoms with Gasteiger partial charge in [0, 0.05) is 12.6 Å². The van der Waals surface area contributed by atoms with E-state index < -0.39 is 6.10 Å². The molecular formula is C18H18N2O2. The van der Waals surface area contributed by atoms with Crippen LogP contribution >= 0.6 is 0 Å². The van der Waals surface area contributed by atoms with E-state index >= 15 is 0 Å². The molecule has 4 rings (SSSR count). The minimum absolute atomic E-state index is 0.129. The molecule has 1 aromatic carbocycles. The standard InChI is InChI=1S/C18H18N2O2/c1-11-3-2-4-14-9-15(22-17(11)14)18(21)20-16-10-13(7-8-19-16)12-5-6-12/h2-4,7-8,10,12,15H,5-6,9H2,1H3,(H,19,20,21)/t15-/m0/s1. The van der Waals surface area contributed by atoms with E-state index in [-0.39, 0.29) is 5.91 Å². The SMILES string of the molecule is Cc1cccc2c1O[C@H](C(=O)Nc1cc(C3CC3)ccn1)C2. The number of hydrogen-bond donors (Lipinski definition) is 1. The maximum atomic E-state index is 12.4. The molecule has 0 bridgehead atoms. The zero-order chi connectivity index (χ0) is 15.1. The molecule has 22 heavy (non-hydrogen) atoms. The van der Waals surface area contributed by atoms with Gasteiger partial charge in [0.1, 0.15) is 11.6 Å². The number of aryl methyl sites for hydroxylation is 1. The van der Waals surface area contributed by atoms with Crippen LogP contribution in [0.15, 0.2) is 36.5 Å². The Hall–Kier alpha value is -2.36. The van der Waals surface area contributed by atoms with Crippen molar-refractivity contribution in [3.63, 3.8) is 0 Å². The van der Waals surface area contributed by atoms with E-state index in [0.29, 0.717) is 18.2 Å². The quantitative estimate of drug-likeness (QED) is 0.945. The minimum atomic E-state index is -0.470. The number of benzene rings is 1. The molecule has 2 aliphatic rings. The zero-order valence-electron chi connectivity index (χ0n) is 12.5. The van der Waals surface area contributed by atoms with Gasteiger partial charge in [-0.3, -0.25) is 4.79 Å². The lowest BCUT2D eigenvalue weighted by molar-refractivity contribution is -0.122. The third-order valence-electron chi connectivity index (χ3n) is 4.34. The van der Waals surface area contributed by atoms with Crippen molar-refractivity contribution in [2.24, 2.45) is 0 Å². The molecule has 0 saturated heterocycles. The number of ether oxygens (including phenoxy) is 1. The molecule has 1 fully saturated rings. The lowest BCUT2D eigenvalue weighted by atomic mass is 10.1. The van der Waals surface area contributed by atoms with Gasteiger partial charge < -0.3 is 10.1 Å². The first-order valence-corrected chi connectivity index (χ1v) is 7.72. The van der Waals surface area contributed by atoms with Crippen molar-refractivity contribution in [1.82, 2.24) is 4.98 Å². The van der Waals surface area contributed by atoms with Gasteiger partial charge in [0.2, 0.25) is 0 Å². The summed E-state index contributed by atoms with van der Waals surface area (Å²) in [7, 11) is 0. The van der Waals surface area contributed by atoms with Crippen LogP contribution in [0.3, 0.4) is 0 Å². The Kier molecular flexibility index (Phi) is 3.10. The summed E-state index contributed by atoms with van der Waals surface area (Å²) in [6, 6.07) is 10.0. The number of carbonyl (C=O) groups is 1. The van der Waals surface area contributed by atoms with Gasteiger partial charge in [-0.15, -0.1) is 0 Å². The molecule has 2 aromatic rings. The van der Waals surface area contributed by atoms with Crippen LogP contribution in [-0.2, 0) is 11.2 Å². The normalized spacial score (nSPS) is 19.4. The van der Waals surface area contributed by atoms with Crippen molar-refractivity contribution in [1.29, 1.82) is 0 Å². The molecule has 0 radical (unpaired) electrons. The smallest absolute Gasteiger partial charge is 0.266 e. The molecule has 0 spiro atoms. The number of para-hydroxylation sites is 1. The summed E-state index contributed by atoms with van der Waals surface area (Å²) in [5.74, 6) is 1.98. The predicted octanol–water partition coefficient (Wildman–Crippen LogP) is 3.21. The van der Waals surface area contributed by atoms with Crippen molar-refractivity contribution in [3.05, 3.63) is 53.2 Å². The van der Waals surface area contributed by atoms with Crippen molar-refractivity contribution in [2.45, 2.75) is 38.2 Å². The van der Waals surface area contributed by atoms with Crippen molar-refractivity contribution < 1.29 is 9.53 Å². The van der Waals surface area contributed by atoms with E-state index in [2.05, 4.69) is 10.3 Å². The highest BCUT2D eigenvalue weighted by Gasteiger charge is 2.30. The van der Waals surface area contributed by atoms with E-state index in [1.54, 1.807) is 6.20 Å². The minimum Gasteiger partial charge on any atom is -0.480 e. The molecule has 0 unspecified atom stereocenters. The number of anilines is 1. The molecule has 1 aliphatic carbocycles. The fraction of sp³-hybridized carbons (Fsp3) is 0.333. The first-order chi connectivity index (χ1) is 10.7. The van der Waals surface area contributed by atoms with Gasteiger partial charge in [0.25, 0.3) is 5.91 Å². The van der Waals surface area contributed by atoms with Crippen LogP contribution in [0, 0.1) is 6.92 Å². The fourth-order valence-electron chi connectivity index (χ4n) is 2.97. The number of fused-ring (bicyclic) bond motifs is 1. The predicted molar refractivity (Wildman–Crippen MR) is 84.1 cm³/mol. The molecule has 1 amide bonds. The van der Waals surface area contributed by atoms with E-state index in [1.807, 2.05) is 37.3 Å². The van der Waals surface area contributed by atoms with Crippen LogP contribution in [0.2, 0.25) is 0 Å². The average Bonchev–Trinajstić information content (AvgIpc) is 3.27. The van der Waals surface area contributed by atoms with Gasteiger partial charge in [0.15, 0.2) is 6.10 Å². The number of aromatic nitrogens is 1. The molecular weight excluding hydrogens is 276 g/mol. The van der Waals surface area contributed by atoms with Crippen LogP contribution < -0.4 is 10.1 Å². The Balaban J connectivity index is 1.47. The summed E-state index contributed by atoms with van der Waals surface area (Å²) < 4.78 is 5.82. The van der Waals surface area contributed by atoms with Crippen LogP contribution in [0.5, 0.6) is 5.75 Å². The van der Waals surface area contributed by atoms with E-state index in [4.69, 9.17) is 4.74 Å². The van der Waals surface area contributed by atoms with Gasteiger partial charge in [-0.25, -0.2) is 4.98 Å². The average molecular weight is 294 g/mol. The van der Waals surface area contributed by atoms with E-state index in [1.165, 1.54) is 18.4 Å². The molecule has 2 heterocycles. The van der Waals surface area contributed by atoms with Gasteiger partial charge in [-0.05, 0) is 54.5 Å². The second kappa shape index (κ2) is 5.13. The fourth-order valence-corrected chi connectivity index (χ4v) is 2.97. The first-order valence-electron chi connectivity index (χ1n) is 7.72. The Morgan fingerprint density at radius 1 is 1.32 bits per heavy atom. The molecule has 1 aromatic heterocycles. The monoisotopic (exact) mass is 294 g/mol. The number of carbonyl (C=O) groups excluding carboxylic acids is 1. The Morgan fingerprint density at radius 3 is 2.95 bits per heavy atom. The summed E-state index contributed by atoms with van der Waals surface area (Å²) in [4.78, 5) is 16.7. The van der Waals surface area contributed by atoms with Crippen LogP contribution in [0.25, 0.3) is 0 Å². The van der Waals surface area contributed by atoms with E-state index in [9.17, 15) is 4.79 Å². The third kappa shape index (κ3) is 2.45. The Labute approximate surface area is 129 Å². The second-order valence-corrected chi connectivity index (χ2v) is 6.11. The highest BCUT2D eigenvalue weighted by molar-refractivity contribution is 5.94. The highest BCUT2D eigenvalue weighted by Crippen LogP contribution is 2.40. The van der Waals surface area contributed by atoms with Crippen LogP contribution in [0.4, 0.5) is 5.82 Å². The Morgan fingerprint density at radius 2 is 2.18 bits per heavy atom. The topological polar surface area (TPSA) is 51.2 Å².